The standard InChI is InChI=1S/C17H27N/c1-4-7-13-17(18-14-5-2)16(6-3)15-11-9-8-10-12-15/h4,8-12,16-18H,1,5-7,13-14H2,2-3H3. The Labute approximate surface area is 112 Å². The maximum Gasteiger partial charge on any atom is 0.0139 e. The van der Waals surface area contributed by atoms with Crippen LogP contribution in [0, 0.1) is 0 Å². The average Bonchev–Trinajstić information content (AvgIpc) is 2.43. The van der Waals surface area contributed by atoms with Gasteiger partial charge < -0.3 is 5.32 Å². The van der Waals surface area contributed by atoms with Gasteiger partial charge in [0, 0.05) is 6.04 Å². The van der Waals surface area contributed by atoms with Crippen LogP contribution in [0.1, 0.15) is 51.0 Å². The van der Waals surface area contributed by atoms with Gasteiger partial charge in [-0.05, 0) is 43.7 Å². The third kappa shape index (κ3) is 4.66. The van der Waals surface area contributed by atoms with Crippen LogP contribution in [-0.4, -0.2) is 12.6 Å². The maximum absolute atomic E-state index is 3.84. The van der Waals surface area contributed by atoms with Crippen molar-refractivity contribution < 1.29 is 0 Å². The van der Waals surface area contributed by atoms with Gasteiger partial charge in [-0.1, -0.05) is 50.3 Å². The molecule has 0 aromatic heterocycles. The molecule has 18 heavy (non-hydrogen) atoms. The van der Waals surface area contributed by atoms with Gasteiger partial charge in [-0.25, -0.2) is 0 Å². The van der Waals surface area contributed by atoms with Crippen molar-refractivity contribution in [1.82, 2.24) is 5.32 Å². The van der Waals surface area contributed by atoms with Crippen LogP contribution < -0.4 is 5.32 Å². The van der Waals surface area contributed by atoms with E-state index in [1.54, 1.807) is 0 Å². The van der Waals surface area contributed by atoms with Crippen LogP contribution in [0.2, 0.25) is 0 Å². The largest absolute Gasteiger partial charge is 0.313 e. The minimum absolute atomic E-state index is 0.565. The molecule has 0 aliphatic heterocycles. The number of allylic oxidation sites excluding steroid dienone is 1. The molecule has 1 heteroatoms. The minimum atomic E-state index is 0.565. The number of nitrogens with one attached hydrogen (secondary N) is 1. The van der Waals surface area contributed by atoms with Crippen LogP contribution in [0.4, 0.5) is 0 Å². The topological polar surface area (TPSA) is 12.0 Å². The first-order valence-electron chi connectivity index (χ1n) is 7.22. The second kappa shape index (κ2) is 8.93. The minimum Gasteiger partial charge on any atom is -0.313 e. The van der Waals surface area contributed by atoms with E-state index in [1.807, 2.05) is 6.08 Å². The number of rotatable bonds is 9. The summed E-state index contributed by atoms with van der Waals surface area (Å²) in [6.07, 6.45) is 6.66. The van der Waals surface area contributed by atoms with Crippen molar-refractivity contribution in [2.24, 2.45) is 0 Å². The second-order valence-electron chi connectivity index (χ2n) is 4.85. The van der Waals surface area contributed by atoms with Crippen LogP contribution in [0.25, 0.3) is 0 Å². The Hall–Kier alpha value is -1.08. The molecule has 0 spiro atoms. The molecule has 1 aromatic rings. The molecule has 0 bridgehead atoms. The van der Waals surface area contributed by atoms with Gasteiger partial charge in [-0.2, -0.15) is 0 Å². The van der Waals surface area contributed by atoms with Gasteiger partial charge in [0.05, 0.1) is 0 Å². The van der Waals surface area contributed by atoms with Crippen molar-refractivity contribution in [3.63, 3.8) is 0 Å². The summed E-state index contributed by atoms with van der Waals surface area (Å²) in [5.41, 5.74) is 1.46. The molecule has 1 rings (SSSR count). The van der Waals surface area contributed by atoms with Gasteiger partial charge >= 0.3 is 0 Å². The van der Waals surface area contributed by atoms with Gasteiger partial charge in [-0.15, -0.1) is 6.58 Å². The fraction of sp³-hybridized carbons (Fsp3) is 0.529. The highest BCUT2D eigenvalue weighted by molar-refractivity contribution is 5.21. The highest BCUT2D eigenvalue weighted by Crippen LogP contribution is 2.26. The van der Waals surface area contributed by atoms with Gasteiger partial charge in [0.15, 0.2) is 0 Å². The molecule has 1 aromatic carbocycles. The number of hydrogen-bond donors (Lipinski definition) is 1. The Bertz CT molecular complexity index is 318. The molecule has 2 atom stereocenters. The monoisotopic (exact) mass is 245 g/mol. The van der Waals surface area contributed by atoms with E-state index in [9.17, 15) is 0 Å². The van der Waals surface area contributed by atoms with E-state index in [1.165, 1.54) is 24.8 Å². The number of benzene rings is 1. The Morgan fingerprint density at radius 2 is 1.94 bits per heavy atom. The Morgan fingerprint density at radius 3 is 2.50 bits per heavy atom. The van der Waals surface area contributed by atoms with Crippen LogP contribution in [0.5, 0.6) is 0 Å². The summed E-state index contributed by atoms with van der Waals surface area (Å²) in [6, 6.07) is 11.4. The van der Waals surface area contributed by atoms with E-state index in [-0.39, 0.29) is 0 Å². The van der Waals surface area contributed by atoms with Crippen molar-refractivity contribution in [2.75, 3.05) is 6.54 Å². The Morgan fingerprint density at radius 1 is 1.22 bits per heavy atom. The molecule has 0 aliphatic carbocycles. The van der Waals surface area contributed by atoms with Crippen molar-refractivity contribution in [3.05, 3.63) is 48.6 Å². The molecule has 1 nitrogen and oxygen atoms in total. The van der Waals surface area contributed by atoms with E-state index in [0.29, 0.717) is 12.0 Å². The van der Waals surface area contributed by atoms with E-state index in [2.05, 4.69) is 56.1 Å². The Kier molecular flexibility index (Phi) is 7.43. The Balaban J connectivity index is 2.75. The lowest BCUT2D eigenvalue weighted by Gasteiger charge is -2.27. The molecule has 2 unspecified atom stereocenters. The lowest BCUT2D eigenvalue weighted by Crippen LogP contribution is -2.35. The van der Waals surface area contributed by atoms with E-state index >= 15 is 0 Å². The van der Waals surface area contributed by atoms with Gasteiger partial charge in [0.25, 0.3) is 0 Å². The zero-order valence-corrected chi connectivity index (χ0v) is 11.9. The first-order chi connectivity index (χ1) is 8.83. The molecule has 0 amide bonds. The molecule has 0 saturated carbocycles. The molecular weight excluding hydrogens is 218 g/mol. The van der Waals surface area contributed by atoms with Crippen molar-refractivity contribution in [1.29, 1.82) is 0 Å². The molecule has 0 aliphatic rings. The van der Waals surface area contributed by atoms with Crippen LogP contribution >= 0.6 is 0 Å². The van der Waals surface area contributed by atoms with E-state index < -0.39 is 0 Å². The van der Waals surface area contributed by atoms with Crippen LogP contribution in [0.15, 0.2) is 43.0 Å². The zero-order chi connectivity index (χ0) is 13.2. The maximum atomic E-state index is 3.84. The van der Waals surface area contributed by atoms with E-state index in [4.69, 9.17) is 0 Å². The third-order valence-corrected chi connectivity index (χ3v) is 3.49. The molecule has 0 fully saturated rings. The first-order valence-corrected chi connectivity index (χ1v) is 7.22. The normalized spacial score (nSPS) is 14.1. The third-order valence-electron chi connectivity index (χ3n) is 3.49. The molecular formula is C17H27N. The molecule has 0 heterocycles. The molecule has 100 valence electrons. The summed E-state index contributed by atoms with van der Waals surface area (Å²) in [5.74, 6) is 0.609. The molecule has 1 N–H and O–H groups in total. The summed E-state index contributed by atoms with van der Waals surface area (Å²) < 4.78 is 0. The average molecular weight is 245 g/mol. The molecule has 0 saturated heterocycles. The SMILES string of the molecule is C=CCCC(NCCC)C(CC)c1ccccc1. The summed E-state index contributed by atoms with van der Waals surface area (Å²) in [4.78, 5) is 0. The van der Waals surface area contributed by atoms with Crippen molar-refractivity contribution in [2.45, 2.75) is 51.5 Å². The van der Waals surface area contributed by atoms with Crippen molar-refractivity contribution in [3.8, 4) is 0 Å². The smallest absolute Gasteiger partial charge is 0.0139 e. The predicted octanol–water partition coefficient (Wildman–Crippen LogP) is 4.51. The summed E-state index contributed by atoms with van der Waals surface area (Å²) >= 11 is 0. The lowest BCUT2D eigenvalue weighted by molar-refractivity contribution is 0.401. The lowest BCUT2D eigenvalue weighted by atomic mass is 9.86. The highest BCUT2D eigenvalue weighted by atomic mass is 14.9. The fourth-order valence-corrected chi connectivity index (χ4v) is 2.53. The summed E-state index contributed by atoms with van der Waals surface area (Å²) in [6.45, 7) is 9.45. The fourth-order valence-electron chi connectivity index (χ4n) is 2.53. The van der Waals surface area contributed by atoms with E-state index in [0.717, 1.165) is 13.0 Å². The summed E-state index contributed by atoms with van der Waals surface area (Å²) in [7, 11) is 0. The van der Waals surface area contributed by atoms with Gasteiger partial charge in [-0.3, -0.25) is 0 Å². The quantitative estimate of drug-likeness (QED) is 0.631. The first kappa shape index (κ1) is 15.0. The van der Waals surface area contributed by atoms with Crippen LogP contribution in [-0.2, 0) is 0 Å². The second-order valence-corrected chi connectivity index (χ2v) is 4.85. The predicted molar refractivity (Wildman–Crippen MR) is 81.0 cm³/mol. The van der Waals surface area contributed by atoms with Gasteiger partial charge in [0.2, 0.25) is 0 Å². The zero-order valence-electron chi connectivity index (χ0n) is 11.9. The highest BCUT2D eigenvalue weighted by Gasteiger charge is 2.20. The van der Waals surface area contributed by atoms with Crippen LogP contribution in [0.3, 0.4) is 0 Å². The number of hydrogen-bond acceptors (Lipinski definition) is 1. The summed E-state index contributed by atoms with van der Waals surface area (Å²) in [5, 5.41) is 3.71. The van der Waals surface area contributed by atoms with Gasteiger partial charge in [0.1, 0.15) is 0 Å². The molecule has 0 radical (unpaired) electrons. The van der Waals surface area contributed by atoms with Crippen molar-refractivity contribution >= 4 is 0 Å².